The average Bonchev–Trinajstić information content (AvgIpc) is 3.09. The fourth-order valence-corrected chi connectivity index (χ4v) is 4.14. The molecule has 5 nitrogen and oxygen atoms in total. The molecule has 1 fully saturated rings. The number of piperidine rings is 1. The molecule has 0 unspecified atom stereocenters. The molecule has 0 amide bonds. The molecule has 3 heterocycles. The second kappa shape index (κ2) is 6.89. The van der Waals surface area contributed by atoms with Gasteiger partial charge in [-0.05, 0) is 30.9 Å². The lowest BCUT2D eigenvalue weighted by Crippen LogP contribution is -2.42. The number of aromatic nitrogens is 2. The Labute approximate surface area is 167 Å². The van der Waals surface area contributed by atoms with Crippen LogP contribution in [-0.2, 0) is 0 Å². The summed E-state index contributed by atoms with van der Waals surface area (Å²) in [7, 11) is 0. The van der Waals surface area contributed by atoms with E-state index in [0.29, 0.717) is 22.0 Å². The molecule has 1 aromatic carbocycles. The summed E-state index contributed by atoms with van der Waals surface area (Å²) >= 11 is 12.5. The predicted octanol–water partition coefficient (Wildman–Crippen LogP) is 4.40. The molecule has 4 N–H and O–H groups in total. The summed E-state index contributed by atoms with van der Waals surface area (Å²) in [6.07, 6.45) is 3.83. The first-order chi connectivity index (χ1) is 12.9. The summed E-state index contributed by atoms with van der Waals surface area (Å²) in [4.78, 5) is 21.3. The van der Waals surface area contributed by atoms with Crippen LogP contribution in [0.15, 0.2) is 35.3 Å². The van der Waals surface area contributed by atoms with Crippen molar-refractivity contribution in [3.05, 3.63) is 50.9 Å². The van der Waals surface area contributed by atoms with Crippen molar-refractivity contribution >= 4 is 39.9 Å². The first kappa shape index (κ1) is 18.4. The smallest absolute Gasteiger partial charge is 0.259 e. The van der Waals surface area contributed by atoms with E-state index < -0.39 is 0 Å². The van der Waals surface area contributed by atoms with Gasteiger partial charge in [0.05, 0.1) is 20.9 Å². The SMILES string of the molecule is CC1(CN)CCN(c2cc3[nH]cc(-c4cccc(Cl)c4Cl)c3c(=O)[nH]2)CC1. The lowest BCUT2D eigenvalue weighted by molar-refractivity contribution is 0.258. The molecule has 1 saturated heterocycles. The molecule has 0 atom stereocenters. The van der Waals surface area contributed by atoms with Crippen molar-refractivity contribution in [2.75, 3.05) is 24.5 Å². The largest absolute Gasteiger partial charge is 0.360 e. The van der Waals surface area contributed by atoms with Crippen molar-refractivity contribution in [3.8, 4) is 11.1 Å². The Morgan fingerprint density at radius 2 is 1.96 bits per heavy atom. The van der Waals surface area contributed by atoms with Crippen LogP contribution in [0.4, 0.5) is 5.82 Å². The molecule has 27 heavy (non-hydrogen) atoms. The van der Waals surface area contributed by atoms with Gasteiger partial charge in [-0.2, -0.15) is 0 Å². The number of pyridine rings is 1. The first-order valence-electron chi connectivity index (χ1n) is 9.06. The maximum atomic E-state index is 12.9. The summed E-state index contributed by atoms with van der Waals surface area (Å²) in [5, 5.41) is 1.50. The van der Waals surface area contributed by atoms with E-state index in [2.05, 4.69) is 21.8 Å². The monoisotopic (exact) mass is 404 g/mol. The third-order valence-electron chi connectivity index (χ3n) is 5.71. The summed E-state index contributed by atoms with van der Waals surface area (Å²) in [6.45, 7) is 4.67. The van der Waals surface area contributed by atoms with Gasteiger partial charge in [-0.25, -0.2) is 0 Å². The van der Waals surface area contributed by atoms with Crippen molar-refractivity contribution in [1.29, 1.82) is 0 Å². The minimum atomic E-state index is -0.137. The van der Waals surface area contributed by atoms with Crippen molar-refractivity contribution in [2.24, 2.45) is 11.1 Å². The van der Waals surface area contributed by atoms with Crippen LogP contribution in [-0.4, -0.2) is 29.6 Å². The van der Waals surface area contributed by atoms with E-state index in [9.17, 15) is 4.79 Å². The van der Waals surface area contributed by atoms with Gasteiger partial charge >= 0.3 is 0 Å². The van der Waals surface area contributed by atoms with Gasteiger partial charge in [-0.15, -0.1) is 0 Å². The van der Waals surface area contributed by atoms with E-state index in [4.69, 9.17) is 28.9 Å². The van der Waals surface area contributed by atoms with Gasteiger partial charge in [0, 0.05) is 36.5 Å². The third-order valence-corrected chi connectivity index (χ3v) is 6.53. The number of anilines is 1. The minimum absolute atomic E-state index is 0.137. The molecule has 4 rings (SSSR count). The highest BCUT2D eigenvalue weighted by molar-refractivity contribution is 6.43. The van der Waals surface area contributed by atoms with Crippen molar-refractivity contribution < 1.29 is 0 Å². The Hall–Kier alpha value is -1.95. The quantitative estimate of drug-likeness (QED) is 0.605. The van der Waals surface area contributed by atoms with Crippen LogP contribution in [0.1, 0.15) is 19.8 Å². The number of hydrogen-bond acceptors (Lipinski definition) is 3. The fourth-order valence-electron chi connectivity index (χ4n) is 3.74. The number of benzene rings is 1. The van der Waals surface area contributed by atoms with Crippen LogP contribution in [0.5, 0.6) is 0 Å². The van der Waals surface area contributed by atoms with E-state index in [1.54, 1.807) is 6.07 Å². The number of nitrogens with zero attached hydrogens (tertiary/aromatic N) is 1. The van der Waals surface area contributed by atoms with Gasteiger partial charge in [-0.3, -0.25) is 4.79 Å². The number of nitrogens with two attached hydrogens (primary N) is 1. The lowest BCUT2D eigenvalue weighted by Gasteiger charge is -2.39. The van der Waals surface area contributed by atoms with Crippen LogP contribution in [0.3, 0.4) is 0 Å². The van der Waals surface area contributed by atoms with E-state index in [1.165, 1.54) is 0 Å². The zero-order chi connectivity index (χ0) is 19.2. The number of rotatable bonds is 3. The van der Waals surface area contributed by atoms with E-state index in [1.807, 2.05) is 24.4 Å². The van der Waals surface area contributed by atoms with Crippen molar-refractivity contribution in [2.45, 2.75) is 19.8 Å². The normalized spacial score (nSPS) is 16.8. The van der Waals surface area contributed by atoms with Crippen LogP contribution in [0.25, 0.3) is 22.0 Å². The zero-order valence-corrected chi connectivity index (χ0v) is 16.6. The Balaban J connectivity index is 1.73. The van der Waals surface area contributed by atoms with Gasteiger partial charge in [0.2, 0.25) is 0 Å². The molecule has 0 bridgehead atoms. The minimum Gasteiger partial charge on any atom is -0.360 e. The highest BCUT2D eigenvalue weighted by Gasteiger charge is 2.29. The van der Waals surface area contributed by atoms with Gasteiger partial charge in [-0.1, -0.05) is 42.3 Å². The standard InChI is InChI=1S/C20H22Cl2N4O/c1-20(11-23)5-7-26(8-6-20)16-9-15-17(19(27)25-16)13(10-24-15)12-3-2-4-14(21)18(12)22/h2-4,9-10,24H,5-8,11,23H2,1H3,(H,25,27). The van der Waals surface area contributed by atoms with Crippen molar-refractivity contribution in [3.63, 3.8) is 0 Å². The molecule has 0 spiro atoms. The van der Waals surface area contributed by atoms with Crippen LogP contribution in [0, 0.1) is 5.41 Å². The van der Waals surface area contributed by atoms with Gasteiger partial charge in [0.25, 0.3) is 5.56 Å². The summed E-state index contributed by atoms with van der Waals surface area (Å²) in [5.74, 6) is 0.831. The molecule has 2 aromatic heterocycles. The second-order valence-electron chi connectivity index (χ2n) is 7.58. The van der Waals surface area contributed by atoms with E-state index in [-0.39, 0.29) is 11.0 Å². The Kier molecular flexibility index (Phi) is 4.70. The van der Waals surface area contributed by atoms with E-state index in [0.717, 1.165) is 48.4 Å². The van der Waals surface area contributed by atoms with Crippen LogP contribution in [0.2, 0.25) is 10.0 Å². The average molecular weight is 405 g/mol. The number of H-pyrrole nitrogens is 2. The maximum absolute atomic E-state index is 12.9. The molecule has 0 aliphatic carbocycles. The topological polar surface area (TPSA) is 77.9 Å². The van der Waals surface area contributed by atoms with Crippen LogP contribution >= 0.6 is 23.2 Å². The number of nitrogens with one attached hydrogen (secondary N) is 2. The third kappa shape index (κ3) is 3.24. The Morgan fingerprint density at radius 3 is 2.67 bits per heavy atom. The Bertz CT molecular complexity index is 1050. The summed E-state index contributed by atoms with van der Waals surface area (Å²) in [5.41, 5.74) is 8.22. The molecule has 0 radical (unpaired) electrons. The summed E-state index contributed by atoms with van der Waals surface area (Å²) in [6, 6.07) is 7.41. The Morgan fingerprint density at radius 1 is 1.22 bits per heavy atom. The zero-order valence-electron chi connectivity index (χ0n) is 15.1. The van der Waals surface area contributed by atoms with Gasteiger partial charge < -0.3 is 20.6 Å². The molecular formula is C20H22Cl2N4O. The predicted molar refractivity (Wildman–Crippen MR) is 113 cm³/mol. The fraction of sp³-hybridized carbons (Fsp3) is 0.350. The molecule has 0 saturated carbocycles. The number of hydrogen-bond donors (Lipinski definition) is 3. The number of fused-ring (bicyclic) bond motifs is 1. The lowest BCUT2D eigenvalue weighted by atomic mass is 9.80. The highest BCUT2D eigenvalue weighted by Crippen LogP contribution is 2.37. The van der Waals surface area contributed by atoms with Crippen molar-refractivity contribution in [1.82, 2.24) is 9.97 Å². The molecule has 3 aromatic rings. The highest BCUT2D eigenvalue weighted by atomic mass is 35.5. The molecular weight excluding hydrogens is 383 g/mol. The van der Waals surface area contributed by atoms with Gasteiger partial charge in [0.15, 0.2) is 0 Å². The molecule has 1 aliphatic heterocycles. The number of halogens is 2. The molecule has 7 heteroatoms. The maximum Gasteiger partial charge on any atom is 0.259 e. The first-order valence-corrected chi connectivity index (χ1v) is 9.81. The van der Waals surface area contributed by atoms with E-state index >= 15 is 0 Å². The van der Waals surface area contributed by atoms with Crippen LogP contribution < -0.4 is 16.2 Å². The second-order valence-corrected chi connectivity index (χ2v) is 8.36. The van der Waals surface area contributed by atoms with Gasteiger partial charge in [0.1, 0.15) is 5.82 Å². The molecule has 1 aliphatic rings. The summed E-state index contributed by atoms with van der Waals surface area (Å²) < 4.78 is 0. The number of aromatic amines is 2. The molecule has 142 valence electrons.